The Labute approximate surface area is 366 Å². The van der Waals surface area contributed by atoms with E-state index in [1.54, 1.807) is 21.8 Å². The monoisotopic (exact) mass is 889 g/mol. The molecule has 0 aromatic heterocycles. The van der Waals surface area contributed by atoms with Gasteiger partial charge in [-0.1, -0.05) is 6.42 Å². The molecule has 21 heteroatoms. The number of nitrogens with one attached hydrogen (secondary N) is 3. The van der Waals surface area contributed by atoms with E-state index in [-0.39, 0.29) is 95.1 Å². The van der Waals surface area contributed by atoms with Crippen LogP contribution in [-0.2, 0) is 47.8 Å². The topological polar surface area (TPSA) is 283 Å². The number of nitrogens with two attached hydrogens (primary N) is 1. The van der Waals surface area contributed by atoms with Gasteiger partial charge in [0.15, 0.2) is 0 Å². The van der Waals surface area contributed by atoms with Gasteiger partial charge in [0.25, 0.3) is 0 Å². The lowest BCUT2D eigenvalue weighted by molar-refractivity contribution is -0.140. The van der Waals surface area contributed by atoms with Crippen molar-refractivity contribution < 1.29 is 63.1 Å². The lowest BCUT2D eigenvalue weighted by Crippen LogP contribution is -2.49. The van der Waals surface area contributed by atoms with Crippen LogP contribution < -0.4 is 21.7 Å². The molecule has 8 N–H and O–H groups in total. The predicted octanol–water partition coefficient (Wildman–Crippen LogP) is -0.588. The number of carboxylic acids is 3. The fourth-order valence-electron chi connectivity index (χ4n) is 6.49. The van der Waals surface area contributed by atoms with Crippen molar-refractivity contribution in [2.24, 2.45) is 5.73 Å². The number of methoxy groups -OCH3 is 1. The summed E-state index contributed by atoms with van der Waals surface area (Å²) in [5.74, 6) is -4.59. The molecule has 1 fully saturated rings. The largest absolute Gasteiger partial charge is 0.480 e. The average Bonchev–Trinajstić information content (AvgIpc) is 3.17. The third kappa shape index (κ3) is 29.3. The number of hydrogen-bond donors (Lipinski definition) is 7. The zero-order valence-electron chi connectivity index (χ0n) is 37.8. The number of rotatable bonds is 31. The molecule has 1 aliphatic rings. The van der Waals surface area contributed by atoms with Crippen molar-refractivity contribution in [2.75, 3.05) is 119 Å². The van der Waals surface area contributed by atoms with Crippen LogP contribution in [0.1, 0.15) is 85.5 Å². The highest BCUT2D eigenvalue weighted by Crippen LogP contribution is 2.19. The average molecular weight is 889 g/mol. The van der Waals surface area contributed by atoms with E-state index in [1.165, 1.54) is 0 Å². The summed E-state index contributed by atoms with van der Waals surface area (Å²) in [4.78, 5) is 91.2. The highest BCUT2D eigenvalue weighted by molar-refractivity contribution is 5.86. The van der Waals surface area contributed by atoms with Crippen molar-refractivity contribution >= 4 is 41.5 Å². The normalized spacial score (nSPS) is 16.1. The zero-order valence-corrected chi connectivity index (χ0v) is 37.8. The number of aliphatic carboxylic acids is 3. The number of carboxylic acid groups (broad SMARTS) is 3. The Kier molecular flexibility index (Phi) is 28.0. The van der Waals surface area contributed by atoms with E-state index in [9.17, 15) is 48.9 Å². The molecule has 1 saturated heterocycles. The van der Waals surface area contributed by atoms with Crippen molar-refractivity contribution in [1.29, 1.82) is 0 Å². The molecule has 1 atom stereocenters. The molecule has 62 heavy (non-hydrogen) atoms. The first-order chi connectivity index (χ1) is 29.2. The van der Waals surface area contributed by atoms with Gasteiger partial charge in [-0.3, -0.25) is 53.2 Å². The van der Waals surface area contributed by atoms with Gasteiger partial charge in [-0.05, 0) is 72.6 Å². The summed E-state index contributed by atoms with van der Waals surface area (Å²) in [5.41, 5.74) is 4.70. The van der Waals surface area contributed by atoms with Crippen molar-refractivity contribution in [1.82, 2.24) is 35.6 Å². The summed E-state index contributed by atoms with van der Waals surface area (Å²) >= 11 is 0. The Morgan fingerprint density at radius 1 is 0.581 bits per heavy atom. The second kappa shape index (κ2) is 31.0. The third-order valence-electron chi connectivity index (χ3n) is 10.4. The molecule has 0 spiro atoms. The number of hydrogen-bond acceptors (Lipinski definition) is 14. The Morgan fingerprint density at radius 3 is 1.48 bits per heavy atom. The quantitative estimate of drug-likeness (QED) is 0.0429. The summed E-state index contributed by atoms with van der Waals surface area (Å²) in [6, 6.07) is -0.864. The van der Waals surface area contributed by atoms with Gasteiger partial charge in [-0.15, -0.1) is 0 Å². The van der Waals surface area contributed by atoms with Gasteiger partial charge in [0.2, 0.25) is 23.6 Å². The summed E-state index contributed by atoms with van der Waals surface area (Å²) < 4.78 is 16.9. The van der Waals surface area contributed by atoms with Gasteiger partial charge in [0.05, 0.1) is 44.0 Å². The number of carbonyl (C=O) groups is 7. The number of carbonyl (C=O) groups excluding carboxylic acids is 4. The first-order valence-corrected chi connectivity index (χ1v) is 21.6. The standard InChI is InChI=1S/C41H76N8O13/c1-40(2,13-25-60-5)61-26-14-41(3,4)62-31-35(52)44-15-9-6-7-12-33(50)45-32(39(42)59)11-8-10-16-43-34(51)27-46-17-19-47(28-36(53)54)21-23-49(30-38(57)58)24-22-48(20-18-46)29-37(55)56/h32H,6-31H2,1-5H3,(H2,42,59)(H,43,51)(H,44,52)(H,45,50)(H,53,54)(H,55,56)(H,57,58)/t32-/m0/s1. The molecule has 0 bridgehead atoms. The highest BCUT2D eigenvalue weighted by Gasteiger charge is 2.25. The molecule has 0 aromatic rings. The first kappa shape index (κ1) is 56.0. The number of unbranched alkanes of at least 4 members (excludes halogenated alkanes) is 3. The van der Waals surface area contributed by atoms with Gasteiger partial charge >= 0.3 is 17.9 Å². The van der Waals surface area contributed by atoms with E-state index in [2.05, 4.69) is 16.0 Å². The Balaban J connectivity index is 2.43. The number of ether oxygens (including phenoxy) is 3. The molecular formula is C41H76N8O13. The van der Waals surface area contributed by atoms with E-state index in [0.717, 1.165) is 6.42 Å². The summed E-state index contributed by atoms with van der Waals surface area (Å²) in [6.07, 6.45) is 4.77. The van der Waals surface area contributed by atoms with Gasteiger partial charge in [-0.2, -0.15) is 0 Å². The second-order valence-corrected chi connectivity index (χ2v) is 17.0. The maximum Gasteiger partial charge on any atom is 0.317 e. The molecule has 0 saturated carbocycles. The van der Waals surface area contributed by atoms with E-state index in [4.69, 9.17) is 19.9 Å². The minimum Gasteiger partial charge on any atom is -0.480 e. The van der Waals surface area contributed by atoms with E-state index >= 15 is 0 Å². The Bertz CT molecular complexity index is 1350. The fraction of sp³-hybridized carbons (Fsp3) is 0.829. The van der Waals surface area contributed by atoms with Crippen molar-refractivity contribution in [2.45, 2.75) is 103 Å². The minimum absolute atomic E-state index is 0.0162. The molecule has 21 nitrogen and oxygen atoms in total. The van der Waals surface area contributed by atoms with E-state index in [1.807, 2.05) is 32.6 Å². The Morgan fingerprint density at radius 2 is 1.02 bits per heavy atom. The third-order valence-corrected chi connectivity index (χ3v) is 10.4. The molecule has 0 aromatic carbocycles. The smallest absolute Gasteiger partial charge is 0.317 e. The van der Waals surface area contributed by atoms with Crippen LogP contribution in [0.5, 0.6) is 0 Å². The maximum atomic E-state index is 13.0. The zero-order chi connectivity index (χ0) is 46.6. The van der Waals surface area contributed by atoms with Gasteiger partial charge in [0.1, 0.15) is 12.6 Å². The minimum atomic E-state index is -1.04. The number of nitrogens with zero attached hydrogens (tertiary/aromatic N) is 4. The van der Waals surface area contributed by atoms with E-state index < -0.39 is 35.5 Å². The van der Waals surface area contributed by atoms with Crippen LogP contribution in [0.4, 0.5) is 0 Å². The molecule has 1 rings (SSSR count). The number of amides is 4. The molecule has 1 heterocycles. The van der Waals surface area contributed by atoms with Crippen LogP contribution in [0.2, 0.25) is 0 Å². The summed E-state index contributed by atoms with van der Waals surface area (Å²) in [5, 5.41) is 36.6. The highest BCUT2D eigenvalue weighted by atomic mass is 16.5. The van der Waals surface area contributed by atoms with Gasteiger partial charge in [-0.25, -0.2) is 0 Å². The lowest BCUT2D eigenvalue weighted by Gasteiger charge is -2.32. The maximum absolute atomic E-state index is 13.0. The van der Waals surface area contributed by atoms with Crippen LogP contribution in [0.3, 0.4) is 0 Å². The molecule has 0 radical (unpaired) electrons. The summed E-state index contributed by atoms with van der Waals surface area (Å²) in [7, 11) is 1.66. The van der Waals surface area contributed by atoms with Crippen LogP contribution >= 0.6 is 0 Å². The predicted molar refractivity (Wildman–Crippen MR) is 229 cm³/mol. The van der Waals surface area contributed by atoms with Crippen molar-refractivity contribution in [3.05, 3.63) is 0 Å². The molecular weight excluding hydrogens is 812 g/mol. The lowest BCUT2D eigenvalue weighted by atomic mass is 10.0. The van der Waals surface area contributed by atoms with Crippen LogP contribution in [0, 0.1) is 0 Å². The molecule has 0 unspecified atom stereocenters. The van der Waals surface area contributed by atoms with Crippen molar-refractivity contribution in [3.63, 3.8) is 0 Å². The summed E-state index contributed by atoms with van der Waals surface area (Å²) in [6.45, 7) is 11.1. The van der Waals surface area contributed by atoms with Crippen LogP contribution in [0.15, 0.2) is 0 Å². The van der Waals surface area contributed by atoms with Gasteiger partial charge in [0, 0.05) is 85.6 Å². The molecule has 0 aliphatic carbocycles. The first-order valence-electron chi connectivity index (χ1n) is 21.6. The second-order valence-electron chi connectivity index (χ2n) is 17.0. The molecule has 358 valence electrons. The van der Waals surface area contributed by atoms with Crippen LogP contribution in [-0.4, -0.2) is 212 Å². The number of primary amides is 1. The van der Waals surface area contributed by atoms with Gasteiger partial charge < -0.3 is 51.2 Å². The van der Waals surface area contributed by atoms with Crippen LogP contribution in [0.25, 0.3) is 0 Å². The Hall–Kier alpha value is -3.99. The molecule has 4 amide bonds. The molecule has 1 aliphatic heterocycles. The SMILES string of the molecule is COCCC(C)(C)OCCC(C)(C)OCC(=O)NCCCCCC(=O)N[C@@H](CCCCNC(=O)CN1CCN(CC(=O)O)CCN(CC(=O)O)CCN(CC(=O)O)CC1)C(N)=O. The van der Waals surface area contributed by atoms with Crippen molar-refractivity contribution in [3.8, 4) is 0 Å². The van der Waals surface area contributed by atoms with E-state index in [0.29, 0.717) is 91.0 Å². The fourth-order valence-corrected chi connectivity index (χ4v) is 6.49.